The number of rotatable bonds is 3. The van der Waals surface area contributed by atoms with Crippen molar-refractivity contribution in [1.82, 2.24) is 0 Å². The molecule has 0 saturated carbocycles. The van der Waals surface area contributed by atoms with Crippen molar-refractivity contribution >= 4 is 27.6 Å². The minimum Gasteiger partial charge on any atom is -0.497 e. The molecule has 2 N–H and O–H groups in total. The van der Waals surface area contributed by atoms with Gasteiger partial charge in [-0.05, 0) is 41.5 Å². The minimum atomic E-state index is -0.0706. The van der Waals surface area contributed by atoms with Crippen LogP contribution in [-0.2, 0) is 0 Å². The molecule has 30 heavy (non-hydrogen) atoms. The van der Waals surface area contributed by atoms with Gasteiger partial charge in [-0.1, -0.05) is 54.6 Å². The minimum absolute atomic E-state index is 0.0706. The van der Waals surface area contributed by atoms with E-state index < -0.39 is 0 Å². The second-order valence-corrected chi connectivity index (χ2v) is 7.11. The van der Waals surface area contributed by atoms with Crippen LogP contribution in [0, 0.1) is 0 Å². The molecule has 0 amide bonds. The maximum absolute atomic E-state index is 13.3. The Balaban J connectivity index is 1.92. The lowest BCUT2D eigenvalue weighted by molar-refractivity contribution is 0.415. The normalized spacial score (nSPS) is 11.1. The number of ether oxygens (including phenoxy) is 1. The molecule has 0 radical (unpaired) electrons. The monoisotopic (exact) mass is 393 g/mol. The molecule has 4 aromatic carbocycles. The van der Waals surface area contributed by atoms with Gasteiger partial charge in [0, 0.05) is 11.1 Å². The number of fused-ring (bicyclic) bond motifs is 2. The van der Waals surface area contributed by atoms with Gasteiger partial charge < -0.3 is 14.9 Å². The molecule has 0 saturated heterocycles. The number of anilines is 1. The third kappa shape index (κ3) is 2.81. The highest BCUT2D eigenvalue weighted by molar-refractivity contribution is 6.07. The van der Waals surface area contributed by atoms with Crippen LogP contribution in [0.4, 0.5) is 5.69 Å². The maximum atomic E-state index is 13.3. The van der Waals surface area contributed by atoms with Crippen molar-refractivity contribution in [2.75, 3.05) is 12.8 Å². The third-order valence-electron chi connectivity index (χ3n) is 5.37. The van der Waals surface area contributed by atoms with Gasteiger partial charge in [0.1, 0.15) is 16.9 Å². The zero-order valence-electron chi connectivity index (χ0n) is 16.4. The summed E-state index contributed by atoms with van der Waals surface area (Å²) in [5.41, 5.74) is 11.5. The van der Waals surface area contributed by atoms with Crippen molar-refractivity contribution < 1.29 is 9.15 Å². The quantitative estimate of drug-likeness (QED) is 0.307. The van der Waals surface area contributed by atoms with Crippen LogP contribution in [0.3, 0.4) is 0 Å². The first-order chi connectivity index (χ1) is 14.7. The fraction of sp³-hybridized carbons (Fsp3) is 0.0385. The topological polar surface area (TPSA) is 65.5 Å². The summed E-state index contributed by atoms with van der Waals surface area (Å²) in [6.45, 7) is 0. The van der Waals surface area contributed by atoms with Crippen molar-refractivity contribution in [3.8, 4) is 28.0 Å². The third-order valence-corrected chi connectivity index (χ3v) is 5.37. The zero-order chi connectivity index (χ0) is 20.7. The Morgan fingerprint density at radius 3 is 2.23 bits per heavy atom. The van der Waals surface area contributed by atoms with Crippen molar-refractivity contribution in [3.05, 3.63) is 95.2 Å². The SMILES string of the molecule is COc1ccc(-c2cc3c(=O)c4ccccc4oc3c(-c3ccccc3)c2N)cc1. The van der Waals surface area contributed by atoms with Crippen molar-refractivity contribution in [2.45, 2.75) is 0 Å². The highest BCUT2D eigenvalue weighted by Crippen LogP contribution is 2.41. The summed E-state index contributed by atoms with van der Waals surface area (Å²) < 4.78 is 11.5. The van der Waals surface area contributed by atoms with Crippen LogP contribution in [0.2, 0.25) is 0 Å². The molecule has 0 aliphatic rings. The van der Waals surface area contributed by atoms with Crippen molar-refractivity contribution in [1.29, 1.82) is 0 Å². The molecule has 0 aliphatic heterocycles. The summed E-state index contributed by atoms with van der Waals surface area (Å²) in [4.78, 5) is 13.3. The van der Waals surface area contributed by atoms with E-state index in [-0.39, 0.29) is 5.43 Å². The van der Waals surface area contributed by atoms with Gasteiger partial charge in [-0.3, -0.25) is 4.79 Å². The molecule has 0 atom stereocenters. The van der Waals surface area contributed by atoms with E-state index in [2.05, 4.69) is 0 Å². The van der Waals surface area contributed by atoms with E-state index in [1.165, 1.54) is 0 Å². The molecular formula is C26H19NO3. The van der Waals surface area contributed by atoms with E-state index in [4.69, 9.17) is 14.9 Å². The number of hydrogen-bond acceptors (Lipinski definition) is 4. The number of methoxy groups -OCH3 is 1. The summed E-state index contributed by atoms with van der Waals surface area (Å²) in [7, 11) is 1.63. The average Bonchev–Trinajstić information content (AvgIpc) is 2.80. The largest absolute Gasteiger partial charge is 0.497 e. The number of hydrogen-bond donors (Lipinski definition) is 1. The van der Waals surface area contributed by atoms with Gasteiger partial charge in [-0.25, -0.2) is 0 Å². The fourth-order valence-electron chi connectivity index (χ4n) is 3.85. The van der Waals surface area contributed by atoms with Crippen LogP contribution >= 0.6 is 0 Å². The van der Waals surface area contributed by atoms with Crippen LogP contribution in [0.5, 0.6) is 5.75 Å². The van der Waals surface area contributed by atoms with Crippen LogP contribution < -0.4 is 15.9 Å². The van der Waals surface area contributed by atoms with Gasteiger partial charge in [0.15, 0.2) is 0 Å². The summed E-state index contributed by atoms with van der Waals surface area (Å²) >= 11 is 0. The number of nitrogen functional groups attached to an aromatic ring is 1. The lowest BCUT2D eigenvalue weighted by Gasteiger charge is -2.15. The van der Waals surface area contributed by atoms with E-state index >= 15 is 0 Å². The fourth-order valence-corrected chi connectivity index (χ4v) is 3.85. The van der Waals surface area contributed by atoms with Gasteiger partial charge >= 0.3 is 0 Å². The molecule has 0 bridgehead atoms. The van der Waals surface area contributed by atoms with Crippen LogP contribution in [0.15, 0.2) is 94.1 Å². The van der Waals surface area contributed by atoms with E-state index in [1.807, 2.05) is 72.8 Å². The Hall–Kier alpha value is -4.05. The van der Waals surface area contributed by atoms with Gasteiger partial charge in [-0.2, -0.15) is 0 Å². The summed E-state index contributed by atoms with van der Waals surface area (Å²) in [6.07, 6.45) is 0. The first-order valence-corrected chi connectivity index (χ1v) is 9.65. The molecule has 5 aromatic rings. The summed E-state index contributed by atoms with van der Waals surface area (Å²) in [5.74, 6) is 0.756. The standard InChI is InChI=1S/C26H19NO3/c1-29-18-13-11-16(12-14-18)20-15-21-25(28)19-9-5-6-10-22(19)30-26(21)23(24(20)27)17-7-3-2-4-8-17/h2-15H,27H2,1H3. The Kier molecular flexibility index (Phi) is 4.25. The van der Waals surface area contributed by atoms with Gasteiger partial charge in [0.2, 0.25) is 5.43 Å². The predicted molar refractivity (Wildman–Crippen MR) is 122 cm³/mol. The number of para-hydroxylation sites is 1. The molecule has 0 fully saturated rings. The van der Waals surface area contributed by atoms with E-state index in [9.17, 15) is 4.79 Å². The Morgan fingerprint density at radius 2 is 1.50 bits per heavy atom. The number of benzene rings is 4. The number of nitrogens with two attached hydrogens (primary N) is 1. The molecule has 146 valence electrons. The van der Waals surface area contributed by atoms with Gasteiger partial charge in [-0.15, -0.1) is 0 Å². The molecular weight excluding hydrogens is 374 g/mol. The Labute approximate surface area is 173 Å². The first-order valence-electron chi connectivity index (χ1n) is 9.65. The molecule has 1 aromatic heterocycles. The van der Waals surface area contributed by atoms with E-state index in [0.717, 1.165) is 28.0 Å². The van der Waals surface area contributed by atoms with Crippen molar-refractivity contribution in [3.63, 3.8) is 0 Å². The predicted octanol–water partition coefficient (Wildman–Crippen LogP) is 5.87. The molecule has 4 nitrogen and oxygen atoms in total. The molecule has 0 unspecified atom stereocenters. The lowest BCUT2D eigenvalue weighted by Crippen LogP contribution is -2.05. The zero-order valence-corrected chi connectivity index (χ0v) is 16.4. The maximum Gasteiger partial charge on any atom is 0.200 e. The molecule has 5 rings (SSSR count). The highest BCUT2D eigenvalue weighted by Gasteiger charge is 2.19. The Bertz CT molecular complexity index is 1440. The average molecular weight is 393 g/mol. The molecule has 0 spiro atoms. The lowest BCUT2D eigenvalue weighted by atomic mass is 9.93. The molecule has 4 heteroatoms. The highest BCUT2D eigenvalue weighted by atomic mass is 16.5. The Morgan fingerprint density at radius 1 is 0.800 bits per heavy atom. The van der Waals surface area contributed by atoms with E-state index in [1.54, 1.807) is 19.2 Å². The second kappa shape index (κ2) is 7.08. The first kappa shape index (κ1) is 18.0. The van der Waals surface area contributed by atoms with Gasteiger partial charge in [0.05, 0.1) is 23.6 Å². The van der Waals surface area contributed by atoms with Crippen LogP contribution in [-0.4, -0.2) is 7.11 Å². The van der Waals surface area contributed by atoms with E-state index in [0.29, 0.717) is 27.6 Å². The molecule has 0 aliphatic carbocycles. The smallest absolute Gasteiger partial charge is 0.200 e. The van der Waals surface area contributed by atoms with Crippen LogP contribution in [0.1, 0.15) is 0 Å². The second-order valence-electron chi connectivity index (χ2n) is 7.11. The van der Waals surface area contributed by atoms with Gasteiger partial charge in [0.25, 0.3) is 0 Å². The summed E-state index contributed by atoms with van der Waals surface area (Å²) in [6, 6.07) is 26.5. The van der Waals surface area contributed by atoms with Crippen LogP contribution in [0.25, 0.3) is 44.2 Å². The van der Waals surface area contributed by atoms with Crippen molar-refractivity contribution in [2.24, 2.45) is 0 Å². The summed E-state index contributed by atoms with van der Waals surface area (Å²) in [5, 5.41) is 1.06. The molecule has 1 heterocycles.